The number of likely N-dealkylation sites (tertiary alicyclic amines) is 1. The van der Waals surface area contributed by atoms with Gasteiger partial charge in [-0.3, -0.25) is 4.90 Å². The van der Waals surface area contributed by atoms with E-state index in [1.165, 1.54) is 4.90 Å². The van der Waals surface area contributed by atoms with Crippen LogP contribution in [-0.2, 0) is 4.74 Å². The first-order valence-electron chi connectivity index (χ1n) is 7.25. The fourth-order valence-corrected chi connectivity index (χ4v) is 2.51. The van der Waals surface area contributed by atoms with Gasteiger partial charge >= 0.3 is 12.3 Å². The van der Waals surface area contributed by atoms with Crippen LogP contribution < -0.4 is 5.32 Å². The van der Waals surface area contributed by atoms with Gasteiger partial charge in [-0.05, 0) is 53.0 Å². The molecule has 1 fully saturated rings. The van der Waals surface area contributed by atoms with Crippen molar-refractivity contribution in [1.29, 1.82) is 0 Å². The van der Waals surface area contributed by atoms with Gasteiger partial charge in [0.2, 0.25) is 0 Å². The predicted molar refractivity (Wildman–Crippen MR) is 74.1 cm³/mol. The van der Waals surface area contributed by atoms with Crippen LogP contribution in [-0.4, -0.2) is 48.4 Å². The molecule has 1 aliphatic heterocycles. The van der Waals surface area contributed by atoms with Crippen LogP contribution in [0.2, 0.25) is 0 Å². The topological polar surface area (TPSA) is 41.6 Å². The molecule has 0 unspecified atom stereocenters. The van der Waals surface area contributed by atoms with Crippen LogP contribution in [0.5, 0.6) is 0 Å². The van der Waals surface area contributed by atoms with E-state index >= 15 is 0 Å². The maximum Gasteiger partial charge on any atom is 0.407 e. The Balaban J connectivity index is 2.46. The Morgan fingerprint density at radius 3 is 2.52 bits per heavy atom. The molecule has 2 atom stereocenters. The van der Waals surface area contributed by atoms with Crippen LogP contribution >= 0.6 is 0 Å². The molecule has 1 rings (SSSR count). The number of nitrogens with one attached hydrogen (secondary N) is 1. The van der Waals surface area contributed by atoms with Gasteiger partial charge < -0.3 is 10.1 Å². The minimum Gasteiger partial charge on any atom is -0.444 e. The van der Waals surface area contributed by atoms with Gasteiger partial charge in [0.1, 0.15) is 5.60 Å². The molecule has 0 aromatic rings. The summed E-state index contributed by atoms with van der Waals surface area (Å²) in [6, 6.07) is -0.212. The molecule has 1 aliphatic rings. The molecule has 124 valence electrons. The first-order valence-corrected chi connectivity index (χ1v) is 7.25. The lowest BCUT2D eigenvalue weighted by molar-refractivity contribution is -0.149. The number of piperidine rings is 1. The molecule has 4 nitrogen and oxygen atoms in total. The van der Waals surface area contributed by atoms with E-state index in [0.717, 1.165) is 6.42 Å². The molecule has 1 saturated heterocycles. The van der Waals surface area contributed by atoms with Crippen molar-refractivity contribution in [2.75, 3.05) is 19.6 Å². The second kappa shape index (κ2) is 6.85. The lowest BCUT2D eigenvalue weighted by atomic mass is 9.91. The number of carbonyl (C=O) groups is 1. The number of nitrogens with zero attached hydrogens (tertiary/aromatic N) is 1. The summed E-state index contributed by atoms with van der Waals surface area (Å²) in [5.41, 5.74) is -0.585. The average molecular weight is 310 g/mol. The first-order chi connectivity index (χ1) is 9.46. The molecule has 7 heteroatoms. The largest absolute Gasteiger partial charge is 0.444 e. The minimum absolute atomic E-state index is 0.00798. The Bertz CT molecular complexity index is 353. The Morgan fingerprint density at radius 1 is 1.38 bits per heavy atom. The standard InChI is InChI=1S/C14H25F3N2O2/c1-10(18-12(20)21-13(2,3)4)11-6-5-7-19(8-11)9-14(15,16)17/h10-11H,5-9H2,1-4H3,(H,18,20)/t10-,11-/m1/s1. The highest BCUT2D eigenvalue weighted by Crippen LogP contribution is 2.24. The van der Waals surface area contributed by atoms with Crippen molar-refractivity contribution >= 4 is 6.09 Å². The average Bonchev–Trinajstić information content (AvgIpc) is 2.23. The number of amides is 1. The molecule has 0 spiro atoms. The number of alkyl carbamates (subject to hydrolysis) is 1. The molecule has 0 saturated carbocycles. The maximum absolute atomic E-state index is 12.4. The fourth-order valence-electron chi connectivity index (χ4n) is 2.51. The Kier molecular flexibility index (Phi) is 5.90. The second-order valence-electron chi connectivity index (χ2n) is 6.69. The second-order valence-corrected chi connectivity index (χ2v) is 6.69. The smallest absolute Gasteiger partial charge is 0.407 e. The summed E-state index contributed by atoms with van der Waals surface area (Å²) >= 11 is 0. The van der Waals surface area contributed by atoms with Gasteiger partial charge in [-0.15, -0.1) is 0 Å². The van der Waals surface area contributed by atoms with E-state index in [-0.39, 0.29) is 12.0 Å². The van der Waals surface area contributed by atoms with Crippen LogP contribution in [0, 0.1) is 5.92 Å². The SMILES string of the molecule is C[C@@H](NC(=O)OC(C)(C)C)[C@@H]1CCCN(CC(F)(F)F)C1. The molecule has 0 aromatic carbocycles. The predicted octanol–water partition coefficient (Wildman–Crippen LogP) is 3.17. The van der Waals surface area contributed by atoms with Gasteiger partial charge in [0, 0.05) is 12.6 Å². The number of halogens is 3. The van der Waals surface area contributed by atoms with Crippen LogP contribution in [0.15, 0.2) is 0 Å². The van der Waals surface area contributed by atoms with E-state index in [0.29, 0.717) is 19.5 Å². The molecule has 1 N–H and O–H groups in total. The van der Waals surface area contributed by atoms with Gasteiger partial charge in [-0.25, -0.2) is 4.79 Å². The maximum atomic E-state index is 12.4. The summed E-state index contributed by atoms with van der Waals surface area (Å²) in [6.07, 6.45) is -3.18. The van der Waals surface area contributed by atoms with Crippen molar-refractivity contribution in [3.05, 3.63) is 0 Å². The van der Waals surface area contributed by atoms with Crippen LogP contribution in [0.3, 0.4) is 0 Å². The molecule has 1 amide bonds. The van der Waals surface area contributed by atoms with Crippen LogP contribution in [0.25, 0.3) is 0 Å². The van der Waals surface area contributed by atoms with E-state index in [1.807, 2.05) is 6.92 Å². The quantitative estimate of drug-likeness (QED) is 0.870. The zero-order valence-electron chi connectivity index (χ0n) is 13.1. The van der Waals surface area contributed by atoms with Gasteiger partial charge in [-0.2, -0.15) is 13.2 Å². The highest BCUT2D eigenvalue weighted by molar-refractivity contribution is 5.68. The normalized spacial score (nSPS) is 22.7. The molecule has 21 heavy (non-hydrogen) atoms. The number of alkyl halides is 3. The van der Waals surface area contributed by atoms with E-state index < -0.39 is 24.4 Å². The number of carbonyl (C=O) groups excluding carboxylic acids is 1. The number of hydrogen-bond donors (Lipinski definition) is 1. The lowest BCUT2D eigenvalue weighted by Crippen LogP contribution is -2.49. The molecule has 0 bridgehead atoms. The van der Waals surface area contributed by atoms with Crippen molar-refractivity contribution in [1.82, 2.24) is 10.2 Å². The van der Waals surface area contributed by atoms with Crippen molar-refractivity contribution in [3.63, 3.8) is 0 Å². The highest BCUT2D eigenvalue weighted by atomic mass is 19.4. The lowest BCUT2D eigenvalue weighted by Gasteiger charge is -2.36. The number of rotatable bonds is 3. The van der Waals surface area contributed by atoms with Crippen molar-refractivity contribution in [2.24, 2.45) is 5.92 Å². The summed E-state index contributed by atoms with van der Waals surface area (Å²) in [7, 11) is 0. The highest BCUT2D eigenvalue weighted by Gasteiger charge is 2.34. The number of ether oxygens (including phenoxy) is 1. The van der Waals surface area contributed by atoms with Crippen LogP contribution in [0.1, 0.15) is 40.5 Å². The van der Waals surface area contributed by atoms with E-state index in [1.54, 1.807) is 20.8 Å². The van der Waals surface area contributed by atoms with Gasteiger partial charge in [0.05, 0.1) is 6.54 Å². The summed E-state index contributed by atoms with van der Waals surface area (Å²) in [4.78, 5) is 13.1. The fraction of sp³-hybridized carbons (Fsp3) is 0.929. The molecular weight excluding hydrogens is 285 g/mol. The number of hydrogen-bond acceptors (Lipinski definition) is 3. The Hall–Kier alpha value is -0.980. The monoisotopic (exact) mass is 310 g/mol. The third-order valence-electron chi connectivity index (χ3n) is 3.40. The van der Waals surface area contributed by atoms with E-state index in [4.69, 9.17) is 4.74 Å². The van der Waals surface area contributed by atoms with E-state index in [9.17, 15) is 18.0 Å². The Morgan fingerprint density at radius 2 is 2.00 bits per heavy atom. The summed E-state index contributed by atoms with van der Waals surface area (Å²) < 4.78 is 42.5. The van der Waals surface area contributed by atoms with Gasteiger partial charge in [0.15, 0.2) is 0 Å². The third-order valence-corrected chi connectivity index (χ3v) is 3.40. The summed E-state index contributed by atoms with van der Waals surface area (Å²) in [5.74, 6) is 0.00798. The Labute approximate surface area is 124 Å². The third kappa shape index (κ3) is 7.55. The molecule has 0 radical (unpaired) electrons. The van der Waals surface area contributed by atoms with Crippen molar-refractivity contribution in [3.8, 4) is 0 Å². The van der Waals surface area contributed by atoms with Crippen LogP contribution in [0.4, 0.5) is 18.0 Å². The zero-order chi connectivity index (χ0) is 16.3. The zero-order valence-corrected chi connectivity index (χ0v) is 13.1. The molecular formula is C14H25F3N2O2. The molecule has 0 aromatic heterocycles. The minimum atomic E-state index is -4.18. The first kappa shape index (κ1) is 18.1. The van der Waals surface area contributed by atoms with Crippen molar-refractivity contribution < 1.29 is 22.7 Å². The molecule has 0 aliphatic carbocycles. The van der Waals surface area contributed by atoms with E-state index in [2.05, 4.69) is 5.32 Å². The summed E-state index contributed by atoms with van der Waals surface area (Å²) in [6.45, 7) is 7.02. The van der Waals surface area contributed by atoms with Crippen molar-refractivity contribution in [2.45, 2.75) is 58.4 Å². The summed E-state index contributed by atoms with van der Waals surface area (Å²) in [5, 5.41) is 2.72. The van der Waals surface area contributed by atoms with Gasteiger partial charge in [-0.1, -0.05) is 0 Å². The van der Waals surface area contributed by atoms with Gasteiger partial charge in [0.25, 0.3) is 0 Å². The molecule has 1 heterocycles.